The van der Waals surface area contributed by atoms with Gasteiger partial charge in [0.15, 0.2) is 0 Å². The van der Waals surface area contributed by atoms with Gasteiger partial charge in [0, 0.05) is 52.3 Å². The van der Waals surface area contributed by atoms with Gasteiger partial charge in [0.05, 0.1) is 11.4 Å². The first kappa shape index (κ1) is 28.9. The first-order valence-corrected chi connectivity index (χ1v) is 16.5. The molecule has 0 bridgehead atoms. The Morgan fingerprint density at radius 3 is 1.72 bits per heavy atom. The van der Waals surface area contributed by atoms with Crippen molar-refractivity contribution in [3.05, 3.63) is 173 Å². The number of anilines is 3. The molecule has 0 atom stereocenters. The number of benzene rings is 7. The molecule has 0 heterocycles. The Balaban J connectivity index is 1.42. The maximum atomic E-state index is 6.37. The molecule has 3 nitrogen and oxygen atoms in total. The molecule has 1 aliphatic rings. The van der Waals surface area contributed by atoms with E-state index in [0.717, 1.165) is 25.3 Å². The lowest BCUT2D eigenvalue weighted by atomic mass is 9.81. The number of hydrogen-bond acceptors (Lipinski definition) is 3. The van der Waals surface area contributed by atoms with E-state index in [4.69, 9.17) is 5.73 Å². The highest BCUT2D eigenvalue weighted by Gasteiger charge is 2.36. The summed E-state index contributed by atoms with van der Waals surface area (Å²) in [4.78, 5) is 2.58. The van der Waals surface area contributed by atoms with Gasteiger partial charge in [0.1, 0.15) is 0 Å². The second-order valence-electron chi connectivity index (χ2n) is 13.3. The highest BCUT2D eigenvalue weighted by molar-refractivity contribution is 6.21. The summed E-state index contributed by atoms with van der Waals surface area (Å²) in [5.74, 6) is 0. The van der Waals surface area contributed by atoms with Crippen LogP contribution in [0.4, 0.5) is 17.1 Å². The number of rotatable bonds is 8. The van der Waals surface area contributed by atoms with Crippen molar-refractivity contribution in [2.24, 2.45) is 0 Å². The van der Waals surface area contributed by atoms with E-state index >= 15 is 0 Å². The molecule has 7 aromatic carbocycles. The van der Waals surface area contributed by atoms with Crippen LogP contribution in [-0.4, -0.2) is 0 Å². The maximum absolute atomic E-state index is 6.37. The number of nitrogen functional groups attached to an aromatic ring is 1. The average Bonchev–Trinajstić information content (AvgIpc) is 3.31. The van der Waals surface area contributed by atoms with Crippen molar-refractivity contribution < 1.29 is 0 Å². The second-order valence-corrected chi connectivity index (χ2v) is 13.3. The van der Waals surface area contributed by atoms with Crippen LogP contribution < -0.4 is 16.0 Å². The Hall–Kier alpha value is -5.54. The predicted octanol–water partition coefficient (Wildman–Crippen LogP) is 10.7. The van der Waals surface area contributed by atoms with Gasteiger partial charge in [-0.05, 0) is 63.2 Å². The molecule has 0 radical (unpaired) electrons. The molecule has 0 aromatic heterocycles. The lowest BCUT2D eigenvalue weighted by Gasteiger charge is -2.30. The number of nitrogens with two attached hydrogens (primary N) is 1. The molecular weight excluding hydrogens is 571 g/mol. The third kappa shape index (κ3) is 5.18. The van der Waals surface area contributed by atoms with Gasteiger partial charge in [-0.3, -0.25) is 0 Å². The van der Waals surface area contributed by atoms with Gasteiger partial charge in [-0.25, -0.2) is 0 Å². The SMILES string of the molecule is CC1(C)c2cc(N)ccc2-c2cc3c(N(Cc4ccccc4)Cc4ccccc4)c4ccccc4c(NCc4ccccc4)c3cc21. The zero-order valence-electron chi connectivity index (χ0n) is 27.0. The molecule has 47 heavy (non-hydrogen) atoms. The van der Waals surface area contributed by atoms with Crippen molar-refractivity contribution in [2.45, 2.75) is 38.9 Å². The van der Waals surface area contributed by atoms with Crippen molar-refractivity contribution in [3.63, 3.8) is 0 Å². The van der Waals surface area contributed by atoms with E-state index in [2.05, 4.69) is 164 Å². The van der Waals surface area contributed by atoms with Crippen LogP contribution in [0.25, 0.3) is 32.7 Å². The summed E-state index contributed by atoms with van der Waals surface area (Å²) in [6.45, 7) is 7.00. The molecule has 0 saturated heterocycles. The normalized spacial score (nSPS) is 13.0. The minimum atomic E-state index is -0.176. The Kier molecular flexibility index (Phi) is 7.18. The van der Waals surface area contributed by atoms with Gasteiger partial charge in [-0.1, -0.05) is 135 Å². The highest BCUT2D eigenvalue weighted by atomic mass is 15.1. The summed E-state index contributed by atoms with van der Waals surface area (Å²) in [6.07, 6.45) is 0. The van der Waals surface area contributed by atoms with E-state index in [-0.39, 0.29) is 5.41 Å². The first-order valence-electron chi connectivity index (χ1n) is 16.5. The smallest absolute Gasteiger partial charge is 0.0533 e. The van der Waals surface area contributed by atoms with Gasteiger partial charge < -0.3 is 16.0 Å². The molecular formula is C44H39N3. The van der Waals surface area contributed by atoms with Gasteiger partial charge in [-0.2, -0.15) is 0 Å². The molecule has 0 aliphatic heterocycles. The van der Waals surface area contributed by atoms with E-state index in [9.17, 15) is 0 Å². The quantitative estimate of drug-likeness (QED) is 0.102. The Labute approximate surface area is 277 Å². The zero-order valence-corrected chi connectivity index (χ0v) is 27.0. The standard InChI is InChI=1S/C44H39N3/c1-44(2)40-24-33(45)22-23-34(40)37-25-39-38(26-41(37)44)42(46-27-30-14-6-3-7-15-30)35-20-12-13-21-36(35)43(39)47(28-31-16-8-4-9-17-31)29-32-18-10-5-11-19-32/h3-26,46H,27-29,45H2,1-2H3. The van der Waals surface area contributed by atoms with Crippen molar-refractivity contribution in [1.82, 2.24) is 0 Å². The topological polar surface area (TPSA) is 41.3 Å². The Morgan fingerprint density at radius 2 is 1.09 bits per heavy atom. The molecule has 230 valence electrons. The van der Waals surface area contributed by atoms with Crippen molar-refractivity contribution in [1.29, 1.82) is 0 Å². The van der Waals surface area contributed by atoms with Crippen molar-refractivity contribution >= 4 is 38.6 Å². The highest BCUT2D eigenvalue weighted by Crippen LogP contribution is 2.53. The monoisotopic (exact) mass is 609 g/mol. The Bertz CT molecular complexity index is 2180. The lowest BCUT2D eigenvalue weighted by Crippen LogP contribution is -2.23. The summed E-state index contributed by atoms with van der Waals surface area (Å²) in [5.41, 5.74) is 18.5. The molecule has 3 heteroatoms. The fraction of sp³-hybridized carbons (Fsp3) is 0.136. The van der Waals surface area contributed by atoms with Crippen LogP contribution in [-0.2, 0) is 25.0 Å². The van der Waals surface area contributed by atoms with Crippen LogP contribution in [0.1, 0.15) is 41.7 Å². The zero-order chi connectivity index (χ0) is 32.0. The molecule has 8 rings (SSSR count). The van der Waals surface area contributed by atoms with Crippen LogP contribution in [0, 0.1) is 0 Å². The van der Waals surface area contributed by atoms with Gasteiger partial charge in [0.2, 0.25) is 0 Å². The van der Waals surface area contributed by atoms with Crippen LogP contribution in [0.15, 0.2) is 146 Å². The minimum Gasteiger partial charge on any atom is -0.399 e. The van der Waals surface area contributed by atoms with E-state index in [1.165, 1.54) is 71.9 Å². The van der Waals surface area contributed by atoms with Gasteiger partial charge >= 0.3 is 0 Å². The average molecular weight is 610 g/mol. The van der Waals surface area contributed by atoms with Crippen molar-refractivity contribution in [3.8, 4) is 11.1 Å². The van der Waals surface area contributed by atoms with Crippen LogP contribution in [0.3, 0.4) is 0 Å². The molecule has 0 fully saturated rings. The fourth-order valence-electron chi connectivity index (χ4n) is 7.54. The van der Waals surface area contributed by atoms with E-state index in [1.54, 1.807) is 0 Å². The van der Waals surface area contributed by atoms with Crippen LogP contribution in [0.2, 0.25) is 0 Å². The third-order valence-corrected chi connectivity index (χ3v) is 9.88. The summed E-state index contributed by atoms with van der Waals surface area (Å²) in [6, 6.07) is 52.6. The molecule has 0 spiro atoms. The molecule has 3 N–H and O–H groups in total. The summed E-state index contributed by atoms with van der Waals surface area (Å²) >= 11 is 0. The summed E-state index contributed by atoms with van der Waals surface area (Å²) in [5, 5.41) is 8.90. The molecule has 0 saturated carbocycles. The first-order chi connectivity index (χ1) is 23.0. The van der Waals surface area contributed by atoms with E-state index < -0.39 is 0 Å². The van der Waals surface area contributed by atoms with E-state index in [0.29, 0.717) is 0 Å². The number of fused-ring (bicyclic) bond motifs is 5. The van der Waals surface area contributed by atoms with E-state index in [1.807, 2.05) is 6.07 Å². The lowest BCUT2D eigenvalue weighted by molar-refractivity contribution is 0.661. The molecule has 0 amide bonds. The van der Waals surface area contributed by atoms with Gasteiger partial charge in [-0.15, -0.1) is 0 Å². The molecule has 1 aliphatic carbocycles. The van der Waals surface area contributed by atoms with Gasteiger partial charge in [0.25, 0.3) is 0 Å². The minimum absolute atomic E-state index is 0.176. The fourth-order valence-corrected chi connectivity index (χ4v) is 7.54. The Morgan fingerprint density at radius 1 is 0.532 bits per heavy atom. The van der Waals surface area contributed by atoms with Crippen LogP contribution >= 0.6 is 0 Å². The summed E-state index contributed by atoms with van der Waals surface area (Å²) < 4.78 is 0. The third-order valence-electron chi connectivity index (χ3n) is 9.88. The number of hydrogen-bond donors (Lipinski definition) is 2. The predicted molar refractivity (Wildman–Crippen MR) is 200 cm³/mol. The number of nitrogens with one attached hydrogen (secondary N) is 1. The second kappa shape index (κ2) is 11.7. The maximum Gasteiger partial charge on any atom is 0.0533 e. The largest absolute Gasteiger partial charge is 0.399 e. The molecule has 0 unspecified atom stereocenters. The molecule has 7 aromatic rings. The van der Waals surface area contributed by atoms with Crippen LogP contribution in [0.5, 0.6) is 0 Å². The summed E-state index contributed by atoms with van der Waals surface area (Å²) in [7, 11) is 0. The number of nitrogens with zero attached hydrogens (tertiary/aromatic N) is 1. The van der Waals surface area contributed by atoms with Crippen molar-refractivity contribution in [2.75, 3.05) is 16.0 Å².